The predicted octanol–water partition coefficient (Wildman–Crippen LogP) is 5.98. The van der Waals surface area contributed by atoms with Crippen molar-refractivity contribution in [2.75, 3.05) is 20.8 Å². The SMILES string of the molecule is CNC(=O)c1ccc(C=CC(=O)NCc2cccn2-c2ccc(Cl)c(CCOc3cccc4[nH]c(OC)nc34)c2Cl)cc1. The molecule has 0 spiro atoms. The highest BCUT2D eigenvalue weighted by Gasteiger charge is 2.15. The molecule has 220 valence electrons. The van der Waals surface area contributed by atoms with E-state index in [9.17, 15) is 9.59 Å². The van der Waals surface area contributed by atoms with Crippen molar-refractivity contribution in [3.05, 3.63) is 111 Å². The van der Waals surface area contributed by atoms with E-state index in [0.29, 0.717) is 45.9 Å². The first-order chi connectivity index (χ1) is 20.9. The number of nitrogens with zero attached hydrogens (tertiary/aromatic N) is 2. The fourth-order valence-corrected chi connectivity index (χ4v) is 5.20. The third-order valence-electron chi connectivity index (χ3n) is 6.79. The summed E-state index contributed by atoms with van der Waals surface area (Å²) in [7, 11) is 3.13. The van der Waals surface area contributed by atoms with E-state index in [1.54, 1.807) is 50.6 Å². The van der Waals surface area contributed by atoms with Crippen LogP contribution in [0.25, 0.3) is 22.8 Å². The van der Waals surface area contributed by atoms with Crippen molar-refractivity contribution >= 4 is 52.1 Å². The van der Waals surface area contributed by atoms with Crippen LogP contribution in [0, 0.1) is 0 Å². The number of hydrogen-bond donors (Lipinski definition) is 3. The molecule has 0 aliphatic rings. The van der Waals surface area contributed by atoms with Gasteiger partial charge in [0.2, 0.25) is 5.91 Å². The van der Waals surface area contributed by atoms with Crippen LogP contribution in [0.15, 0.2) is 79.0 Å². The van der Waals surface area contributed by atoms with Crippen LogP contribution in [0.5, 0.6) is 11.8 Å². The number of hydrogen-bond acceptors (Lipinski definition) is 5. The average Bonchev–Trinajstić information content (AvgIpc) is 3.68. The van der Waals surface area contributed by atoms with Crippen LogP contribution in [-0.4, -0.2) is 47.1 Å². The van der Waals surface area contributed by atoms with Gasteiger partial charge in [-0.05, 0) is 65.7 Å². The molecule has 43 heavy (non-hydrogen) atoms. The van der Waals surface area contributed by atoms with Crippen LogP contribution >= 0.6 is 23.2 Å². The van der Waals surface area contributed by atoms with Gasteiger partial charge in [0.05, 0.1) is 36.5 Å². The van der Waals surface area contributed by atoms with Gasteiger partial charge in [0.25, 0.3) is 11.9 Å². The van der Waals surface area contributed by atoms with Gasteiger partial charge < -0.3 is 29.7 Å². The van der Waals surface area contributed by atoms with Gasteiger partial charge in [-0.15, -0.1) is 0 Å². The Kier molecular flexibility index (Phi) is 9.34. The first-order valence-electron chi connectivity index (χ1n) is 13.4. The minimum absolute atomic E-state index is 0.165. The van der Waals surface area contributed by atoms with Crippen LogP contribution < -0.4 is 20.1 Å². The summed E-state index contributed by atoms with van der Waals surface area (Å²) in [6, 6.07) is 20.4. The summed E-state index contributed by atoms with van der Waals surface area (Å²) < 4.78 is 13.2. The Hall–Kier alpha value is -4.73. The highest BCUT2D eigenvalue weighted by molar-refractivity contribution is 6.37. The number of H-pyrrole nitrogens is 1. The molecular formula is C32H29Cl2N5O4. The monoisotopic (exact) mass is 617 g/mol. The lowest BCUT2D eigenvalue weighted by atomic mass is 10.1. The summed E-state index contributed by atoms with van der Waals surface area (Å²) in [6.45, 7) is 0.604. The van der Waals surface area contributed by atoms with Crippen molar-refractivity contribution in [3.8, 4) is 17.4 Å². The Labute approximate surface area is 258 Å². The number of carbonyl (C=O) groups excluding carboxylic acids is 2. The summed E-state index contributed by atoms with van der Waals surface area (Å²) in [6.07, 6.45) is 5.49. The lowest BCUT2D eigenvalue weighted by molar-refractivity contribution is -0.116. The molecule has 0 unspecified atom stereocenters. The first-order valence-corrected chi connectivity index (χ1v) is 14.2. The fraction of sp³-hybridized carbons (Fsp3) is 0.156. The van der Waals surface area contributed by atoms with E-state index in [2.05, 4.69) is 20.6 Å². The van der Waals surface area contributed by atoms with Gasteiger partial charge in [0.15, 0.2) is 0 Å². The zero-order valence-corrected chi connectivity index (χ0v) is 25.0. The Balaban J connectivity index is 1.23. The maximum atomic E-state index is 12.5. The standard InChI is InChI=1S/C32H29Cl2N5O4/c1-35-31(41)21-11-8-20(9-12-21)10-15-28(40)36-19-22-5-4-17-39(22)26-14-13-24(33)23(29(26)34)16-18-43-27-7-3-6-25-30(27)38-32(37-25)42-2/h3-15,17H,16,18-19H2,1-2H3,(H,35,41)(H,36,40)(H,37,38). The van der Waals surface area contributed by atoms with Gasteiger partial charge in [-0.2, -0.15) is 4.98 Å². The number of ether oxygens (including phenoxy) is 2. The maximum absolute atomic E-state index is 12.5. The molecule has 0 saturated heterocycles. The number of para-hydroxylation sites is 1. The second-order valence-electron chi connectivity index (χ2n) is 9.48. The van der Waals surface area contributed by atoms with Crippen LogP contribution in [0.1, 0.15) is 27.2 Å². The molecule has 9 nitrogen and oxygen atoms in total. The molecule has 2 aromatic heterocycles. The number of halogens is 2. The van der Waals surface area contributed by atoms with Crippen molar-refractivity contribution < 1.29 is 19.1 Å². The minimum Gasteiger partial charge on any atom is -0.491 e. The summed E-state index contributed by atoms with van der Waals surface area (Å²) >= 11 is 13.4. The molecule has 5 rings (SSSR count). The van der Waals surface area contributed by atoms with E-state index in [4.69, 9.17) is 32.7 Å². The van der Waals surface area contributed by atoms with E-state index < -0.39 is 0 Å². The molecule has 3 aromatic carbocycles. The van der Waals surface area contributed by atoms with Crippen molar-refractivity contribution in [2.45, 2.75) is 13.0 Å². The number of methoxy groups -OCH3 is 1. The molecule has 3 N–H and O–H groups in total. The molecule has 11 heteroatoms. The number of aromatic amines is 1. The molecule has 2 heterocycles. The zero-order chi connectivity index (χ0) is 30.3. The second kappa shape index (κ2) is 13.5. The second-order valence-corrected chi connectivity index (χ2v) is 10.3. The van der Waals surface area contributed by atoms with Gasteiger partial charge in [-0.1, -0.05) is 41.4 Å². The number of fused-ring (bicyclic) bond motifs is 1. The number of nitrogens with one attached hydrogen (secondary N) is 3. The van der Waals surface area contributed by atoms with E-state index in [1.165, 1.54) is 6.08 Å². The summed E-state index contributed by atoms with van der Waals surface area (Å²) in [5, 5.41) is 6.52. The van der Waals surface area contributed by atoms with E-state index in [-0.39, 0.29) is 18.4 Å². The summed E-state index contributed by atoms with van der Waals surface area (Å²) in [5.74, 6) is 0.202. The number of aromatic nitrogens is 3. The lowest BCUT2D eigenvalue weighted by Crippen LogP contribution is -2.21. The van der Waals surface area contributed by atoms with Crippen LogP contribution in [0.4, 0.5) is 0 Å². The predicted molar refractivity (Wildman–Crippen MR) is 168 cm³/mol. The Morgan fingerprint density at radius 2 is 1.86 bits per heavy atom. The summed E-state index contributed by atoms with van der Waals surface area (Å²) in [4.78, 5) is 31.7. The molecule has 0 saturated carbocycles. The number of imidazole rings is 1. The summed E-state index contributed by atoms with van der Waals surface area (Å²) in [5.41, 5.74) is 5.17. The highest BCUT2D eigenvalue weighted by atomic mass is 35.5. The highest BCUT2D eigenvalue weighted by Crippen LogP contribution is 2.33. The van der Waals surface area contributed by atoms with E-state index >= 15 is 0 Å². The topological polar surface area (TPSA) is 110 Å². The molecule has 2 amide bonds. The van der Waals surface area contributed by atoms with E-state index in [0.717, 1.165) is 28.0 Å². The van der Waals surface area contributed by atoms with Gasteiger partial charge in [-0.25, -0.2) is 0 Å². The largest absolute Gasteiger partial charge is 0.491 e. The molecule has 0 bridgehead atoms. The van der Waals surface area contributed by atoms with Crippen LogP contribution in [0.3, 0.4) is 0 Å². The molecule has 5 aromatic rings. The normalized spacial score (nSPS) is 11.2. The molecule has 0 fully saturated rings. The van der Waals surface area contributed by atoms with Crippen LogP contribution in [-0.2, 0) is 17.8 Å². The van der Waals surface area contributed by atoms with Gasteiger partial charge in [-0.3, -0.25) is 9.59 Å². The number of benzene rings is 3. The Morgan fingerprint density at radius 1 is 1.05 bits per heavy atom. The lowest BCUT2D eigenvalue weighted by Gasteiger charge is -2.16. The van der Waals surface area contributed by atoms with Crippen molar-refractivity contribution in [2.24, 2.45) is 0 Å². The number of carbonyl (C=O) groups is 2. The molecule has 0 aliphatic heterocycles. The van der Waals surface area contributed by atoms with Gasteiger partial charge in [0, 0.05) is 42.0 Å². The molecular weight excluding hydrogens is 589 g/mol. The maximum Gasteiger partial charge on any atom is 0.294 e. The first kappa shape index (κ1) is 29.8. The molecule has 0 radical (unpaired) electrons. The average molecular weight is 619 g/mol. The van der Waals surface area contributed by atoms with E-state index in [1.807, 2.05) is 47.2 Å². The van der Waals surface area contributed by atoms with Crippen molar-refractivity contribution in [1.29, 1.82) is 0 Å². The molecule has 0 aliphatic carbocycles. The Morgan fingerprint density at radius 3 is 2.63 bits per heavy atom. The van der Waals surface area contributed by atoms with Crippen LogP contribution in [0.2, 0.25) is 10.0 Å². The number of amides is 2. The quantitative estimate of drug-likeness (QED) is 0.158. The van der Waals surface area contributed by atoms with Crippen molar-refractivity contribution in [3.63, 3.8) is 0 Å². The van der Waals surface area contributed by atoms with Gasteiger partial charge in [0.1, 0.15) is 11.3 Å². The number of rotatable bonds is 11. The minimum atomic E-state index is -0.257. The third kappa shape index (κ3) is 6.85. The third-order valence-corrected chi connectivity index (χ3v) is 7.56. The Bertz CT molecular complexity index is 1790. The van der Waals surface area contributed by atoms with Crippen molar-refractivity contribution in [1.82, 2.24) is 25.2 Å². The zero-order valence-electron chi connectivity index (χ0n) is 23.5. The van der Waals surface area contributed by atoms with Gasteiger partial charge >= 0.3 is 0 Å². The fourth-order valence-electron chi connectivity index (χ4n) is 4.55. The molecule has 0 atom stereocenters. The smallest absolute Gasteiger partial charge is 0.294 e.